The summed E-state index contributed by atoms with van der Waals surface area (Å²) in [5, 5.41) is 2.53. The summed E-state index contributed by atoms with van der Waals surface area (Å²) in [5.41, 5.74) is 2.08. The second-order valence-electron chi connectivity index (χ2n) is 6.81. The van der Waals surface area contributed by atoms with Gasteiger partial charge in [0.1, 0.15) is 0 Å². The van der Waals surface area contributed by atoms with Crippen LogP contribution in [0.25, 0.3) is 0 Å². The Morgan fingerprint density at radius 1 is 1.19 bits per heavy atom. The second kappa shape index (κ2) is 7.37. The van der Waals surface area contributed by atoms with Crippen LogP contribution in [0.3, 0.4) is 0 Å². The minimum Gasteiger partial charge on any atom is -0.338 e. The van der Waals surface area contributed by atoms with Gasteiger partial charge in [0.25, 0.3) is 5.91 Å². The number of carbonyl (C=O) groups is 2. The van der Waals surface area contributed by atoms with E-state index in [2.05, 4.69) is 4.98 Å². The molecule has 2 aliphatic rings. The Morgan fingerprint density at radius 3 is 2.73 bits per heavy atom. The topological polar surface area (TPSA) is 53.5 Å². The monoisotopic (exact) mass is 389 g/mol. The molecule has 26 heavy (non-hydrogen) atoms. The molecule has 0 radical (unpaired) electrons. The molecule has 0 aliphatic carbocycles. The van der Waals surface area contributed by atoms with Crippen LogP contribution in [0, 0.1) is 5.92 Å². The molecule has 0 saturated carbocycles. The summed E-state index contributed by atoms with van der Waals surface area (Å²) in [7, 11) is 0. The predicted octanol–water partition coefficient (Wildman–Crippen LogP) is 3.23. The first-order chi connectivity index (χ1) is 12.6. The van der Waals surface area contributed by atoms with Gasteiger partial charge in [-0.25, -0.2) is 0 Å². The zero-order valence-corrected chi connectivity index (χ0v) is 15.9. The molecule has 0 atom stereocenters. The molecule has 2 aromatic rings. The second-order valence-corrected chi connectivity index (χ2v) is 8.20. The van der Waals surface area contributed by atoms with Crippen molar-refractivity contribution >= 4 is 34.8 Å². The summed E-state index contributed by atoms with van der Waals surface area (Å²) in [6.45, 7) is 2.57. The molecule has 4 rings (SSSR count). The van der Waals surface area contributed by atoms with Crippen LogP contribution in [0.2, 0.25) is 5.02 Å². The van der Waals surface area contributed by atoms with Crippen LogP contribution in [0.4, 0.5) is 0 Å². The molecule has 2 aromatic heterocycles. The lowest BCUT2D eigenvalue weighted by Crippen LogP contribution is -2.45. The van der Waals surface area contributed by atoms with E-state index in [4.69, 9.17) is 11.6 Å². The van der Waals surface area contributed by atoms with Crippen LogP contribution in [0.5, 0.6) is 0 Å². The number of thiophene rings is 1. The van der Waals surface area contributed by atoms with Gasteiger partial charge in [-0.15, -0.1) is 11.3 Å². The number of aromatic nitrogens is 1. The van der Waals surface area contributed by atoms with E-state index in [9.17, 15) is 9.59 Å². The first-order valence-corrected chi connectivity index (χ1v) is 10.1. The first-order valence-electron chi connectivity index (χ1n) is 8.86. The number of halogens is 1. The van der Waals surface area contributed by atoms with Gasteiger partial charge in [-0.2, -0.15) is 0 Å². The van der Waals surface area contributed by atoms with Gasteiger partial charge in [0, 0.05) is 50.4 Å². The maximum absolute atomic E-state index is 12.9. The predicted molar refractivity (Wildman–Crippen MR) is 101 cm³/mol. The molecule has 0 aromatic carbocycles. The number of piperidine rings is 1. The molecular formula is C19H20ClN3O2S. The Morgan fingerprint density at radius 2 is 2.00 bits per heavy atom. The highest BCUT2D eigenvalue weighted by Crippen LogP contribution is 2.26. The normalized spacial score (nSPS) is 17.9. The van der Waals surface area contributed by atoms with Crippen molar-refractivity contribution in [3.63, 3.8) is 0 Å². The lowest BCUT2D eigenvalue weighted by Gasteiger charge is -2.35. The third-order valence-corrected chi connectivity index (χ3v) is 6.25. The summed E-state index contributed by atoms with van der Waals surface area (Å²) in [6, 6.07) is 5.66. The van der Waals surface area contributed by atoms with Gasteiger partial charge in [0.15, 0.2) is 0 Å². The molecule has 7 heteroatoms. The molecule has 1 saturated heterocycles. The summed E-state index contributed by atoms with van der Waals surface area (Å²) < 4.78 is 0. The van der Waals surface area contributed by atoms with Crippen molar-refractivity contribution in [3.8, 4) is 0 Å². The largest absolute Gasteiger partial charge is 0.338 e. The molecule has 0 unspecified atom stereocenters. The van der Waals surface area contributed by atoms with Crippen LogP contribution >= 0.6 is 22.9 Å². The van der Waals surface area contributed by atoms with E-state index in [1.54, 1.807) is 6.20 Å². The van der Waals surface area contributed by atoms with E-state index in [0.717, 1.165) is 35.4 Å². The lowest BCUT2D eigenvalue weighted by molar-refractivity contribution is -0.137. The van der Waals surface area contributed by atoms with Gasteiger partial charge < -0.3 is 9.80 Å². The molecule has 2 aliphatic heterocycles. The van der Waals surface area contributed by atoms with Crippen LogP contribution in [-0.4, -0.2) is 46.2 Å². The number of likely N-dealkylation sites (tertiary alicyclic amines) is 1. The van der Waals surface area contributed by atoms with Crippen LogP contribution in [0.15, 0.2) is 29.8 Å². The molecule has 0 N–H and O–H groups in total. The average molecular weight is 390 g/mol. The number of amides is 2. The van der Waals surface area contributed by atoms with Crippen molar-refractivity contribution in [2.45, 2.75) is 25.8 Å². The van der Waals surface area contributed by atoms with Crippen LogP contribution in [0.1, 0.15) is 33.8 Å². The number of fused-ring (bicyclic) bond motifs is 1. The molecule has 136 valence electrons. The van der Waals surface area contributed by atoms with Gasteiger partial charge in [0.2, 0.25) is 5.91 Å². The highest BCUT2D eigenvalue weighted by atomic mass is 35.5. The lowest BCUT2D eigenvalue weighted by atomic mass is 9.94. The zero-order chi connectivity index (χ0) is 18.1. The van der Waals surface area contributed by atoms with E-state index >= 15 is 0 Å². The standard InChI is InChI=1S/C19H20ClN3O2S/c20-15-10-14-12-23(8-5-16(14)21-11-15)18(24)13-3-6-22(7-4-13)19(25)17-2-1-9-26-17/h1-2,9-11,13H,3-8,12H2. The molecule has 5 nitrogen and oxygen atoms in total. The fraction of sp³-hybridized carbons (Fsp3) is 0.421. The molecule has 0 bridgehead atoms. The van der Waals surface area contributed by atoms with Gasteiger partial charge >= 0.3 is 0 Å². The minimum atomic E-state index is -0.00363. The van der Waals surface area contributed by atoms with Crippen molar-refractivity contribution in [3.05, 3.63) is 50.9 Å². The van der Waals surface area contributed by atoms with Crippen LogP contribution < -0.4 is 0 Å². The average Bonchev–Trinajstić information content (AvgIpc) is 3.21. The Labute approximate surface area is 161 Å². The Balaban J connectivity index is 1.36. The van der Waals surface area contributed by atoms with Crippen molar-refractivity contribution < 1.29 is 9.59 Å². The van der Waals surface area contributed by atoms with Crippen molar-refractivity contribution in [1.82, 2.24) is 14.8 Å². The smallest absolute Gasteiger partial charge is 0.263 e. The number of nitrogens with zero attached hydrogens (tertiary/aromatic N) is 3. The van der Waals surface area contributed by atoms with Gasteiger partial charge in [-0.3, -0.25) is 14.6 Å². The number of hydrogen-bond acceptors (Lipinski definition) is 4. The van der Waals surface area contributed by atoms with E-state index < -0.39 is 0 Å². The van der Waals surface area contributed by atoms with E-state index in [1.165, 1.54) is 11.3 Å². The van der Waals surface area contributed by atoms with Crippen LogP contribution in [-0.2, 0) is 17.8 Å². The minimum absolute atomic E-state index is 0.00363. The quantitative estimate of drug-likeness (QED) is 0.792. The number of hydrogen-bond donors (Lipinski definition) is 0. The van der Waals surface area contributed by atoms with E-state index in [-0.39, 0.29) is 17.7 Å². The third kappa shape index (κ3) is 3.48. The Bertz CT molecular complexity index is 816. The fourth-order valence-electron chi connectivity index (χ4n) is 3.73. The first kappa shape index (κ1) is 17.5. The highest BCUT2D eigenvalue weighted by molar-refractivity contribution is 7.12. The summed E-state index contributed by atoms with van der Waals surface area (Å²) in [6.07, 6.45) is 3.90. The SMILES string of the molecule is O=C(c1cccs1)N1CCC(C(=O)N2CCc3ncc(Cl)cc3C2)CC1. The van der Waals surface area contributed by atoms with Gasteiger partial charge in [0.05, 0.1) is 9.90 Å². The third-order valence-electron chi connectivity index (χ3n) is 5.18. The maximum atomic E-state index is 12.9. The molecular weight excluding hydrogens is 370 g/mol. The number of rotatable bonds is 2. The van der Waals surface area contributed by atoms with Gasteiger partial charge in [-0.05, 0) is 35.9 Å². The summed E-state index contributed by atoms with van der Waals surface area (Å²) in [4.78, 5) is 34.3. The summed E-state index contributed by atoms with van der Waals surface area (Å²) >= 11 is 7.50. The molecule has 0 spiro atoms. The number of pyridine rings is 1. The zero-order valence-electron chi connectivity index (χ0n) is 14.4. The van der Waals surface area contributed by atoms with E-state index in [0.29, 0.717) is 31.2 Å². The van der Waals surface area contributed by atoms with Crippen molar-refractivity contribution in [1.29, 1.82) is 0 Å². The number of carbonyl (C=O) groups excluding carboxylic acids is 2. The molecule has 1 fully saturated rings. The van der Waals surface area contributed by atoms with Crippen molar-refractivity contribution in [2.24, 2.45) is 5.92 Å². The van der Waals surface area contributed by atoms with E-state index in [1.807, 2.05) is 33.4 Å². The van der Waals surface area contributed by atoms with Gasteiger partial charge in [-0.1, -0.05) is 17.7 Å². The van der Waals surface area contributed by atoms with Crippen molar-refractivity contribution in [2.75, 3.05) is 19.6 Å². The Hall–Kier alpha value is -1.92. The fourth-order valence-corrected chi connectivity index (χ4v) is 4.60. The molecule has 4 heterocycles. The molecule has 2 amide bonds. The maximum Gasteiger partial charge on any atom is 0.263 e. The highest BCUT2D eigenvalue weighted by Gasteiger charge is 2.32. The summed E-state index contributed by atoms with van der Waals surface area (Å²) in [5.74, 6) is 0.272. The Kier molecular flexibility index (Phi) is 4.96.